The molecule has 3 aromatic carbocycles. The minimum atomic E-state index is -1.35. The van der Waals surface area contributed by atoms with Crippen molar-refractivity contribution < 1.29 is 23.9 Å². The topological polar surface area (TPSA) is 84.9 Å². The lowest BCUT2D eigenvalue weighted by Crippen LogP contribution is -2.51. The summed E-state index contributed by atoms with van der Waals surface area (Å²) in [5.41, 5.74) is 2.44. The van der Waals surface area contributed by atoms with E-state index in [9.17, 15) is 14.4 Å². The van der Waals surface area contributed by atoms with Crippen molar-refractivity contribution in [1.82, 2.24) is 0 Å². The molecular formula is C34H34N2O5. The summed E-state index contributed by atoms with van der Waals surface area (Å²) in [7, 11) is 3.05. The molecule has 1 amide bonds. The maximum absolute atomic E-state index is 14.9. The Morgan fingerprint density at radius 1 is 0.927 bits per heavy atom. The quantitative estimate of drug-likeness (QED) is 0.412. The van der Waals surface area contributed by atoms with Crippen molar-refractivity contribution in [3.8, 4) is 11.5 Å². The summed E-state index contributed by atoms with van der Waals surface area (Å²) < 4.78 is 10.9. The van der Waals surface area contributed by atoms with Gasteiger partial charge in [0.2, 0.25) is 5.91 Å². The van der Waals surface area contributed by atoms with Crippen molar-refractivity contribution in [3.63, 3.8) is 0 Å². The van der Waals surface area contributed by atoms with E-state index in [4.69, 9.17) is 9.47 Å². The highest BCUT2D eigenvalue weighted by Gasteiger charge is 2.71. The molecule has 7 nitrogen and oxygen atoms in total. The minimum Gasteiger partial charge on any atom is -0.493 e. The first kappa shape index (κ1) is 26.8. The molecule has 0 aromatic heterocycles. The number of para-hydroxylation sites is 2. The van der Waals surface area contributed by atoms with Gasteiger partial charge in [0.05, 0.1) is 26.2 Å². The fourth-order valence-electron chi connectivity index (χ4n) is 7.00. The number of carbonyl (C=O) groups excluding carboxylic acids is 3. The van der Waals surface area contributed by atoms with Crippen LogP contribution in [0.2, 0.25) is 0 Å². The average Bonchev–Trinajstić information content (AvgIpc) is 3.43. The lowest BCUT2D eigenvalue weighted by molar-refractivity contribution is -0.128. The van der Waals surface area contributed by atoms with E-state index >= 15 is 0 Å². The largest absolute Gasteiger partial charge is 0.493 e. The number of allylic oxidation sites excluding steroid dienone is 1. The van der Waals surface area contributed by atoms with E-state index in [1.165, 1.54) is 14.2 Å². The molecule has 0 bridgehead atoms. The summed E-state index contributed by atoms with van der Waals surface area (Å²) in [6.45, 7) is 7.62. The first-order valence-corrected chi connectivity index (χ1v) is 13.8. The highest BCUT2D eigenvalue weighted by molar-refractivity contribution is 6.17. The number of benzene rings is 3. The predicted molar refractivity (Wildman–Crippen MR) is 159 cm³/mol. The first-order chi connectivity index (χ1) is 19.5. The third kappa shape index (κ3) is 3.68. The van der Waals surface area contributed by atoms with Gasteiger partial charge in [-0.25, -0.2) is 0 Å². The molecule has 3 aromatic rings. The SMILES string of the molecule is COc1ccc(C(=O)[C@@H]2[C@H](C(=O)C(C)(C)C)N3c4ccccc4C(C)=C[C@@H]3[C@]23C(=O)Nc2ccccc23)cc1OC. The zero-order valence-corrected chi connectivity index (χ0v) is 24.1. The molecule has 1 N–H and O–H groups in total. The third-order valence-corrected chi connectivity index (χ3v) is 8.84. The first-order valence-electron chi connectivity index (χ1n) is 13.8. The molecule has 1 fully saturated rings. The number of anilines is 2. The number of carbonyl (C=O) groups is 3. The molecule has 4 atom stereocenters. The highest BCUT2D eigenvalue weighted by Crippen LogP contribution is 2.59. The zero-order chi connectivity index (χ0) is 29.3. The lowest BCUT2D eigenvalue weighted by atomic mass is 9.63. The van der Waals surface area contributed by atoms with Crippen molar-refractivity contribution in [2.75, 3.05) is 24.4 Å². The van der Waals surface area contributed by atoms with Crippen LogP contribution in [0.4, 0.5) is 11.4 Å². The normalized spacial score (nSPS) is 24.2. The number of ether oxygens (including phenoxy) is 2. The van der Waals surface area contributed by atoms with Crippen LogP contribution in [0.25, 0.3) is 5.57 Å². The molecule has 3 aliphatic rings. The smallest absolute Gasteiger partial charge is 0.238 e. The zero-order valence-electron chi connectivity index (χ0n) is 24.1. The number of Topliss-reactive ketones (excluding diaryl/α,β-unsaturated/α-hetero) is 2. The number of methoxy groups -OCH3 is 2. The van der Waals surface area contributed by atoms with Crippen LogP contribution < -0.4 is 19.7 Å². The summed E-state index contributed by atoms with van der Waals surface area (Å²) in [6.07, 6.45) is 2.06. The van der Waals surface area contributed by atoms with Crippen LogP contribution in [0, 0.1) is 11.3 Å². The molecule has 1 spiro atoms. The van der Waals surface area contributed by atoms with Crippen molar-refractivity contribution in [3.05, 3.63) is 89.5 Å². The molecule has 210 valence electrons. The standard InChI is InChI=1S/C34H34N2O5/c1-19-17-27-34(22-12-8-9-13-23(22)35-32(34)39)28(30(37)20-15-16-25(40-5)26(18-20)41-6)29(31(38)33(2,3)4)36(27)24-14-10-7-11-21(19)24/h7-18,27-29H,1-6H3,(H,35,39)/t27-,28+,29-,34+/m1/s1. The summed E-state index contributed by atoms with van der Waals surface area (Å²) in [5.74, 6) is -0.798. The summed E-state index contributed by atoms with van der Waals surface area (Å²) in [6, 6.07) is 19.0. The second-order valence-electron chi connectivity index (χ2n) is 12.1. The van der Waals surface area contributed by atoms with Crippen LogP contribution in [0.1, 0.15) is 49.2 Å². The van der Waals surface area contributed by atoms with Gasteiger partial charge < -0.3 is 19.7 Å². The Balaban J connectivity index is 1.68. The van der Waals surface area contributed by atoms with Crippen molar-refractivity contribution in [1.29, 1.82) is 0 Å². The Morgan fingerprint density at radius 2 is 1.61 bits per heavy atom. The summed E-state index contributed by atoms with van der Waals surface area (Å²) in [5, 5.41) is 3.07. The van der Waals surface area contributed by atoms with Gasteiger partial charge in [-0.1, -0.05) is 63.2 Å². The monoisotopic (exact) mass is 550 g/mol. The Kier molecular flexibility index (Phi) is 6.10. The number of ketones is 2. The molecule has 0 unspecified atom stereocenters. The number of nitrogens with one attached hydrogen (secondary N) is 1. The lowest BCUT2D eigenvalue weighted by Gasteiger charge is -2.39. The molecule has 3 heterocycles. The highest BCUT2D eigenvalue weighted by atomic mass is 16.5. The van der Waals surface area contributed by atoms with Crippen LogP contribution in [-0.2, 0) is 15.0 Å². The average molecular weight is 551 g/mol. The summed E-state index contributed by atoms with van der Waals surface area (Å²) in [4.78, 5) is 46.0. The number of rotatable bonds is 5. The molecule has 0 aliphatic carbocycles. The van der Waals surface area contributed by atoms with E-state index in [-0.39, 0.29) is 17.5 Å². The van der Waals surface area contributed by atoms with Gasteiger partial charge in [0.15, 0.2) is 23.1 Å². The minimum absolute atomic E-state index is 0.0989. The van der Waals surface area contributed by atoms with Crippen molar-refractivity contribution in [2.45, 2.75) is 45.2 Å². The molecule has 41 heavy (non-hydrogen) atoms. The fraction of sp³-hybridized carbons (Fsp3) is 0.324. The molecule has 1 saturated heterocycles. The summed E-state index contributed by atoms with van der Waals surface area (Å²) >= 11 is 0. The molecule has 7 heteroatoms. The number of hydrogen-bond acceptors (Lipinski definition) is 6. The number of hydrogen-bond donors (Lipinski definition) is 1. The molecule has 6 rings (SSSR count). The molecular weight excluding hydrogens is 516 g/mol. The number of amides is 1. The Bertz CT molecular complexity index is 1630. The van der Waals surface area contributed by atoms with Crippen LogP contribution in [0.5, 0.6) is 11.5 Å². The van der Waals surface area contributed by atoms with Gasteiger partial charge in [0.1, 0.15) is 11.5 Å². The van der Waals surface area contributed by atoms with Gasteiger partial charge in [0.25, 0.3) is 0 Å². The van der Waals surface area contributed by atoms with E-state index in [1.807, 2.05) is 81.1 Å². The van der Waals surface area contributed by atoms with E-state index < -0.39 is 28.8 Å². The maximum atomic E-state index is 14.9. The Hall–Kier alpha value is -4.39. The number of nitrogens with zero attached hydrogens (tertiary/aromatic N) is 1. The third-order valence-electron chi connectivity index (χ3n) is 8.84. The maximum Gasteiger partial charge on any atom is 0.238 e. The van der Waals surface area contributed by atoms with Gasteiger partial charge in [-0.3, -0.25) is 14.4 Å². The van der Waals surface area contributed by atoms with Crippen molar-refractivity contribution in [2.24, 2.45) is 11.3 Å². The van der Waals surface area contributed by atoms with E-state index in [1.54, 1.807) is 18.2 Å². The molecule has 3 aliphatic heterocycles. The second-order valence-corrected chi connectivity index (χ2v) is 12.1. The second kappa shape index (κ2) is 9.33. The predicted octanol–water partition coefficient (Wildman–Crippen LogP) is 5.68. The number of fused-ring (bicyclic) bond motifs is 6. The van der Waals surface area contributed by atoms with E-state index in [0.717, 1.165) is 22.4 Å². The fourth-order valence-corrected chi connectivity index (χ4v) is 7.00. The molecule has 0 radical (unpaired) electrons. The van der Waals surface area contributed by atoms with Gasteiger partial charge >= 0.3 is 0 Å². The van der Waals surface area contributed by atoms with Crippen LogP contribution in [0.15, 0.2) is 72.8 Å². The van der Waals surface area contributed by atoms with Crippen LogP contribution in [-0.4, -0.2) is 43.8 Å². The van der Waals surface area contributed by atoms with E-state index in [0.29, 0.717) is 22.7 Å². The molecule has 0 saturated carbocycles. The Labute approximate surface area is 240 Å². The Morgan fingerprint density at radius 3 is 2.32 bits per heavy atom. The van der Waals surface area contributed by atoms with Gasteiger partial charge in [-0.15, -0.1) is 0 Å². The van der Waals surface area contributed by atoms with Gasteiger partial charge in [0, 0.05) is 27.9 Å². The van der Waals surface area contributed by atoms with Crippen molar-refractivity contribution >= 4 is 34.4 Å². The van der Waals surface area contributed by atoms with Crippen LogP contribution in [0.3, 0.4) is 0 Å². The van der Waals surface area contributed by atoms with Gasteiger partial charge in [-0.05, 0) is 48.4 Å². The van der Waals surface area contributed by atoms with E-state index in [2.05, 4.69) is 11.4 Å². The van der Waals surface area contributed by atoms with Gasteiger partial charge in [-0.2, -0.15) is 0 Å². The van der Waals surface area contributed by atoms with Crippen LogP contribution >= 0.6 is 0 Å².